The van der Waals surface area contributed by atoms with E-state index in [1.807, 2.05) is 18.2 Å². The predicted octanol–water partition coefficient (Wildman–Crippen LogP) is 2.15. The number of rotatable bonds is 2. The maximum absolute atomic E-state index is 4.47. The van der Waals surface area contributed by atoms with Crippen LogP contribution < -0.4 is 5.32 Å². The van der Waals surface area contributed by atoms with Crippen molar-refractivity contribution in [2.45, 2.75) is 12.5 Å². The highest BCUT2D eigenvalue weighted by molar-refractivity contribution is 7.80. The largest absolute Gasteiger partial charge is 0.366 e. The maximum atomic E-state index is 4.47. The molecule has 0 saturated heterocycles. The van der Waals surface area contributed by atoms with E-state index in [1.165, 1.54) is 5.56 Å². The Morgan fingerprint density at radius 1 is 1.33 bits per heavy atom. The van der Waals surface area contributed by atoms with Crippen LogP contribution >= 0.6 is 25.0 Å². The predicted molar refractivity (Wildman–Crippen MR) is 70.5 cm³/mol. The molecule has 0 amide bonds. The van der Waals surface area contributed by atoms with Crippen LogP contribution in [-0.4, -0.2) is 24.2 Å². The van der Waals surface area contributed by atoms with Crippen LogP contribution in [0.4, 0.5) is 0 Å². The Balaban J connectivity index is 0.00000112. The van der Waals surface area contributed by atoms with Crippen LogP contribution in [-0.2, 0) is 0 Å². The molecule has 0 spiro atoms. The number of amidine groups is 1. The molecule has 1 aliphatic rings. The Bertz CT molecular complexity index is 327. The lowest BCUT2D eigenvalue weighted by atomic mass is 10.1. The summed E-state index contributed by atoms with van der Waals surface area (Å²) < 4.78 is 0. The van der Waals surface area contributed by atoms with Crippen molar-refractivity contribution in [3.05, 3.63) is 35.9 Å². The fourth-order valence-corrected chi connectivity index (χ4v) is 1.82. The molecule has 15 heavy (non-hydrogen) atoms. The van der Waals surface area contributed by atoms with Crippen molar-refractivity contribution in [2.75, 3.05) is 12.3 Å². The summed E-state index contributed by atoms with van der Waals surface area (Å²) in [5.74, 6) is 1.88. The third-order valence-corrected chi connectivity index (χ3v) is 2.80. The summed E-state index contributed by atoms with van der Waals surface area (Å²) in [5.41, 5.74) is 1.17. The lowest BCUT2D eigenvalue weighted by Crippen LogP contribution is -2.40. The third kappa shape index (κ3) is 3.14. The normalized spacial score (nSPS) is 19.8. The van der Waals surface area contributed by atoms with Gasteiger partial charge in [-0.25, -0.2) is 0 Å². The number of hydrogen-bond acceptors (Lipinski definition) is 3. The summed E-state index contributed by atoms with van der Waals surface area (Å²) in [7, 11) is 0. The standard InChI is InChI=1S/C11H14N2S.ClH/c14-8-10-6-7-12-11(13-10)9-4-2-1-3-5-9;/h1-5,10,14H,6-8H2,(H,12,13);1H. The van der Waals surface area contributed by atoms with E-state index in [0.29, 0.717) is 6.04 Å². The van der Waals surface area contributed by atoms with E-state index in [4.69, 9.17) is 0 Å². The van der Waals surface area contributed by atoms with E-state index in [0.717, 1.165) is 24.6 Å². The summed E-state index contributed by atoms with van der Waals surface area (Å²) in [6.07, 6.45) is 1.08. The van der Waals surface area contributed by atoms with Gasteiger partial charge < -0.3 is 5.32 Å². The van der Waals surface area contributed by atoms with Gasteiger partial charge in [-0.05, 0) is 6.42 Å². The van der Waals surface area contributed by atoms with E-state index in [1.54, 1.807) is 0 Å². The van der Waals surface area contributed by atoms with E-state index in [2.05, 4.69) is 35.1 Å². The summed E-state index contributed by atoms with van der Waals surface area (Å²) in [5, 5.41) is 3.39. The van der Waals surface area contributed by atoms with Crippen LogP contribution in [0.5, 0.6) is 0 Å². The third-order valence-electron chi connectivity index (χ3n) is 2.36. The van der Waals surface area contributed by atoms with Crippen LogP contribution in [0.2, 0.25) is 0 Å². The zero-order valence-corrected chi connectivity index (χ0v) is 10.1. The van der Waals surface area contributed by atoms with Gasteiger partial charge in [-0.15, -0.1) is 12.4 Å². The number of benzene rings is 1. The van der Waals surface area contributed by atoms with Gasteiger partial charge in [0.1, 0.15) is 5.84 Å². The summed E-state index contributed by atoms with van der Waals surface area (Å²) in [6.45, 7) is 0.905. The zero-order chi connectivity index (χ0) is 9.80. The molecule has 1 atom stereocenters. The minimum Gasteiger partial charge on any atom is -0.366 e. The lowest BCUT2D eigenvalue weighted by Gasteiger charge is -2.23. The van der Waals surface area contributed by atoms with Crippen LogP contribution in [0.1, 0.15) is 12.0 Å². The van der Waals surface area contributed by atoms with Gasteiger partial charge in [0.2, 0.25) is 0 Å². The highest BCUT2D eigenvalue weighted by Crippen LogP contribution is 2.07. The van der Waals surface area contributed by atoms with E-state index >= 15 is 0 Å². The van der Waals surface area contributed by atoms with Gasteiger partial charge in [0.25, 0.3) is 0 Å². The van der Waals surface area contributed by atoms with Gasteiger partial charge in [-0.1, -0.05) is 30.3 Å². The molecule has 1 aromatic carbocycles. The molecule has 1 heterocycles. The maximum Gasteiger partial charge on any atom is 0.128 e. The van der Waals surface area contributed by atoms with E-state index < -0.39 is 0 Å². The Morgan fingerprint density at radius 2 is 2.07 bits per heavy atom. The monoisotopic (exact) mass is 242 g/mol. The Hall–Kier alpha value is -0.670. The van der Waals surface area contributed by atoms with Gasteiger partial charge >= 0.3 is 0 Å². The van der Waals surface area contributed by atoms with E-state index in [-0.39, 0.29) is 12.4 Å². The molecule has 1 aliphatic heterocycles. The SMILES string of the molecule is Cl.SCC1CCN=C(c2ccccc2)N1. The number of nitrogens with one attached hydrogen (secondary N) is 1. The number of aliphatic imine (C=N–C) groups is 1. The Morgan fingerprint density at radius 3 is 2.73 bits per heavy atom. The summed E-state index contributed by atoms with van der Waals surface area (Å²) in [6, 6.07) is 10.7. The first-order chi connectivity index (χ1) is 6.90. The smallest absolute Gasteiger partial charge is 0.128 e. The number of halogens is 1. The van der Waals surface area contributed by atoms with Gasteiger partial charge in [-0.3, -0.25) is 4.99 Å². The van der Waals surface area contributed by atoms with Crippen molar-refractivity contribution >= 4 is 30.9 Å². The molecule has 0 saturated carbocycles. The second-order valence-corrected chi connectivity index (χ2v) is 3.77. The van der Waals surface area contributed by atoms with E-state index in [9.17, 15) is 0 Å². The molecular weight excluding hydrogens is 228 g/mol. The topological polar surface area (TPSA) is 24.4 Å². The summed E-state index contributed by atoms with van der Waals surface area (Å²) in [4.78, 5) is 4.47. The number of nitrogens with zero attached hydrogens (tertiary/aromatic N) is 1. The Labute approximate surface area is 102 Å². The van der Waals surface area contributed by atoms with Crippen molar-refractivity contribution in [3.63, 3.8) is 0 Å². The number of hydrogen-bond donors (Lipinski definition) is 2. The van der Waals surface area contributed by atoms with Gasteiger partial charge in [-0.2, -0.15) is 12.6 Å². The molecule has 1 aromatic rings. The highest BCUT2D eigenvalue weighted by Gasteiger charge is 2.14. The fraction of sp³-hybridized carbons (Fsp3) is 0.364. The molecule has 0 aliphatic carbocycles. The minimum absolute atomic E-state index is 0. The molecular formula is C11H15ClN2S. The van der Waals surface area contributed by atoms with Crippen molar-refractivity contribution in [3.8, 4) is 0 Å². The molecule has 1 N–H and O–H groups in total. The van der Waals surface area contributed by atoms with Crippen molar-refractivity contribution in [1.29, 1.82) is 0 Å². The average molecular weight is 243 g/mol. The lowest BCUT2D eigenvalue weighted by molar-refractivity contribution is 0.597. The molecule has 82 valence electrons. The molecule has 4 heteroatoms. The summed E-state index contributed by atoms with van der Waals surface area (Å²) >= 11 is 4.30. The van der Waals surface area contributed by atoms with Crippen LogP contribution in [0.3, 0.4) is 0 Å². The zero-order valence-electron chi connectivity index (χ0n) is 8.39. The second-order valence-electron chi connectivity index (χ2n) is 3.41. The van der Waals surface area contributed by atoms with Crippen molar-refractivity contribution in [1.82, 2.24) is 5.32 Å². The molecule has 0 radical (unpaired) electrons. The first-order valence-corrected chi connectivity index (χ1v) is 5.50. The molecule has 0 aromatic heterocycles. The Kier molecular flexibility index (Phi) is 4.99. The van der Waals surface area contributed by atoms with Gasteiger partial charge in [0, 0.05) is 23.9 Å². The molecule has 1 unspecified atom stereocenters. The first kappa shape index (κ1) is 12.4. The van der Waals surface area contributed by atoms with Crippen LogP contribution in [0.25, 0.3) is 0 Å². The van der Waals surface area contributed by atoms with Crippen LogP contribution in [0.15, 0.2) is 35.3 Å². The molecule has 2 nitrogen and oxygen atoms in total. The highest BCUT2D eigenvalue weighted by atomic mass is 35.5. The van der Waals surface area contributed by atoms with Crippen LogP contribution in [0, 0.1) is 0 Å². The number of thiol groups is 1. The quantitative estimate of drug-likeness (QED) is 0.764. The molecule has 0 fully saturated rings. The first-order valence-electron chi connectivity index (χ1n) is 4.87. The van der Waals surface area contributed by atoms with Gasteiger partial charge in [0.05, 0.1) is 0 Å². The van der Waals surface area contributed by atoms with Gasteiger partial charge in [0.15, 0.2) is 0 Å². The van der Waals surface area contributed by atoms with Crippen molar-refractivity contribution in [2.24, 2.45) is 4.99 Å². The molecule has 0 bridgehead atoms. The minimum atomic E-state index is 0. The molecule has 2 rings (SSSR count). The second kappa shape index (κ2) is 6.03. The fourth-order valence-electron chi connectivity index (χ4n) is 1.55. The average Bonchev–Trinajstić information content (AvgIpc) is 2.30. The van der Waals surface area contributed by atoms with Crippen molar-refractivity contribution < 1.29 is 0 Å².